The second-order valence-corrected chi connectivity index (χ2v) is 3.87. The predicted octanol–water partition coefficient (Wildman–Crippen LogP) is 1.93. The summed E-state index contributed by atoms with van der Waals surface area (Å²) in [5.74, 6) is -0.508. The van der Waals surface area contributed by atoms with Crippen LogP contribution in [0.4, 0.5) is 4.39 Å². The molecule has 2 N–H and O–H groups in total. The summed E-state index contributed by atoms with van der Waals surface area (Å²) in [6.45, 7) is 3.64. The van der Waals surface area contributed by atoms with Crippen molar-refractivity contribution >= 4 is 17.3 Å². The lowest BCUT2D eigenvalue weighted by Gasteiger charge is -2.07. The first kappa shape index (κ1) is 10.2. The maximum Gasteiger partial charge on any atom is 0.222 e. The van der Waals surface area contributed by atoms with E-state index in [4.69, 9.17) is 11.6 Å². The van der Waals surface area contributed by atoms with Crippen molar-refractivity contribution in [2.45, 2.75) is 20.0 Å². The van der Waals surface area contributed by atoms with Gasteiger partial charge in [0.25, 0.3) is 0 Å². The topological polar surface area (TPSA) is 37.0 Å². The molecule has 5 heteroatoms. The molecule has 1 aromatic heterocycles. The Morgan fingerprint density at radius 2 is 2.13 bits per heavy atom. The monoisotopic (exact) mass is 227 g/mol. The van der Waals surface area contributed by atoms with E-state index >= 15 is 0 Å². The molecule has 0 bridgehead atoms. The largest absolute Gasteiger partial charge is 0.363 e. The highest BCUT2D eigenvalue weighted by Gasteiger charge is 2.21. The summed E-state index contributed by atoms with van der Waals surface area (Å²) in [4.78, 5) is 3.75. The fourth-order valence-electron chi connectivity index (χ4n) is 1.49. The van der Waals surface area contributed by atoms with Crippen LogP contribution in [0.15, 0.2) is 17.3 Å². The average molecular weight is 228 g/mol. The van der Waals surface area contributed by atoms with Crippen LogP contribution >= 0.6 is 11.6 Å². The number of aryl methyl sites for hydroxylation is 1. The summed E-state index contributed by atoms with van der Waals surface area (Å²) in [6.07, 6.45) is 0.00760. The zero-order valence-corrected chi connectivity index (χ0v) is 9.19. The Bertz CT molecular complexity index is 431. The van der Waals surface area contributed by atoms with Gasteiger partial charge >= 0.3 is 0 Å². The molecular formula is C10H11ClFN3. The molecule has 1 aliphatic heterocycles. The van der Waals surface area contributed by atoms with Crippen molar-refractivity contribution in [2.24, 2.45) is 0 Å². The van der Waals surface area contributed by atoms with Gasteiger partial charge in [0.2, 0.25) is 5.95 Å². The molecule has 0 unspecified atom stereocenters. The molecule has 1 aliphatic rings. The van der Waals surface area contributed by atoms with E-state index in [2.05, 4.69) is 15.6 Å². The summed E-state index contributed by atoms with van der Waals surface area (Å²) in [6, 6.07) is 3.42. The van der Waals surface area contributed by atoms with Crippen LogP contribution < -0.4 is 10.6 Å². The molecule has 2 heterocycles. The zero-order chi connectivity index (χ0) is 11.0. The minimum atomic E-state index is -0.508. The number of aromatic nitrogens is 1. The molecule has 1 aromatic rings. The van der Waals surface area contributed by atoms with Crippen molar-refractivity contribution in [3.05, 3.63) is 34.5 Å². The van der Waals surface area contributed by atoms with Crippen LogP contribution in [0.25, 0.3) is 5.70 Å². The molecule has 2 rings (SSSR count). The van der Waals surface area contributed by atoms with Gasteiger partial charge in [-0.25, -0.2) is 4.98 Å². The van der Waals surface area contributed by atoms with Gasteiger partial charge in [-0.3, -0.25) is 0 Å². The first-order valence-corrected chi connectivity index (χ1v) is 5.02. The van der Waals surface area contributed by atoms with E-state index in [1.165, 1.54) is 0 Å². The van der Waals surface area contributed by atoms with Crippen LogP contribution in [0, 0.1) is 12.9 Å². The van der Waals surface area contributed by atoms with E-state index in [1.807, 2.05) is 6.92 Å². The van der Waals surface area contributed by atoms with E-state index < -0.39 is 5.95 Å². The molecule has 15 heavy (non-hydrogen) atoms. The molecular weight excluding hydrogens is 217 g/mol. The number of rotatable bonds is 1. The Labute approximate surface area is 92.3 Å². The molecule has 3 nitrogen and oxygen atoms in total. The van der Waals surface area contributed by atoms with Gasteiger partial charge < -0.3 is 10.6 Å². The normalized spacial score (nSPS) is 20.1. The van der Waals surface area contributed by atoms with Crippen LogP contribution in [-0.4, -0.2) is 11.1 Å². The van der Waals surface area contributed by atoms with E-state index in [9.17, 15) is 4.39 Å². The average Bonchev–Trinajstić information content (AvgIpc) is 2.45. The molecule has 0 aromatic carbocycles. The highest BCUT2D eigenvalue weighted by Crippen LogP contribution is 2.23. The third-order valence-electron chi connectivity index (χ3n) is 2.18. The van der Waals surface area contributed by atoms with Gasteiger partial charge in [-0.1, -0.05) is 11.6 Å². The first-order chi connectivity index (χ1) is 7.08. The molecule has 0 spiro atoms. The van der Waals surface area contributed by atoms with Crippen LogP contribution in [-0.2, 0) is 0 Å². The number of nitrogens with zero attached hydrogens (tertiary/aromatic N) is 1. The first-order valence-electron chi connectivity index (χ1n) is 4.64. The summed E-state index contributed by atoms with van der Waals surface area (Å²) >= 11 is 5.93. The van der Waals surface area contributed by atoms with E-state index in [-0.39, 0.29) is 6.17 Å². The van der Waals surface area contributed by atoms with E-state index in [0.29, 0.717) is 22.1 Å². The lowest BCUT2D eigenvalue weighted by molar-refractivity contribution is 0.572. The molecule has 1 atom stereocenters. The highest BCUT2D eigenvalue weighted by molar-refractivity contribution is 6.32. The third kappa shape index (κ3) is 1.90. The molecule has 0 amide bonds. The fourth-order valence-corrected chi connectivity index (χ4v) is 1.81. The lowest BCUT2D eigenvalue weighted by Crippen LogP contribution is -2.28. The van der Waals surface area contributed by atoms with E-state index in [1.54, 1.807) is 19.1 Å². The van der Waals surface area contributed by atoms with Crippen LogP contribution in [0.3, 0.4) is 0 Å². The number of pyridine rings is 1. The van der Waals surface area contributed by atoms with Gasteiger partial charge in [-0.05, 0) is 26.0 Å². The number of nitrogens with one attached hydrogen (secondary N) is 2. The van der Waals surface area contributed by atoms with Crippen LogP contribution in [0.5, 0.6) is 0 Å². The molecule has 0 saturated heterocycles. The predicted molar refractivity (Wildman–Crippen MR) is 57.4 cm³/mol. The second-order valence-electron chi connectivity index (χ2n) is 3.49. The molecule has 80 valence electrons. The Morgan fingerprint density at radius 1 is 1.40 bits per heavy atom. The van der Waals surface area contributed by atoms with Gasteiger partial charge in [0, 0.05) is 5.69 Å². The van der Waals surface area contributed by atoms with Crippen molar-refractivity contribution in [1.82, 2.24) is 15.6 Å². The van der Waals surface area contributed by atoms with Crippen LogP contribution in [0.2, 0.25) is 0 Å². The smallest absolute Gasteiger partial charge is 0.222 e. The van der Waals surface area contributed by atoms with Crippen molar-refractivity contribution in [3.8, 4) is 0 Å². The van der Waals surface area contributed by atoms with Crippen molar-refractivity contribution in [1.29, 1.82) is 0 Å². The second kappa shape index (κ2) is 3.70. The van der Waals surface area contributed by atoms with Crippen molar-refractivity contribution < 1.29 is 4.39 Å². The Balaban J connectivity index is 2.42. The lowest BCUT2D eigenvalue weighted by atomic mass is 10.2. The standard InChI is InChI=1S/C10H11ClFN3/c1-5-3-4-7(10(12)13-5)8-9(11)15-6(2)14-8/h3-4,6,14-15H,1-2H3/t6-/m1/s1. The van der Waals surface area contributed by atoms with Gasteiger partial charge in [0.15, 0.2) is 0 Å². The quantitative estimate of drug-likeness (QED) is 0.569. The van der Waals surface area contributed by atoms with Crippen LogP contribution in [0.1, 0.15) is 18.2 Å². The summed E-state index contributed by atoms with van der Waals surface area (Å²) in [5.41, 5.74) is 1.60. The van der Waals surface area contributed by atoms with Crippen molar-refractivity contribution in [3.63, 3.8) is 0 Å². The molecule has 0 aliphatic carbocycles. The van der Waals surface area contributed by atoms with Gasteiger partial charge in [0.1, 0.15) is 5.16 Å². The maximum absolute atomic E-state index is 13.5. The third-order valence-corrected chi connectivity index (χ3v) is 2.48. The number of hydrogen-bond acceptors (Lipinski definition) is 3. The maximum atomic E-state index is 13.5. The Morgan fingerprint density at radius 3 is 2.67 bits per heavy atom. The summed E-state index contributed by atoms with van der Waals surface area (Å²) in [7, 11) is 0. The number of halogens is 2. The fraction of sp³-hybridized carbons (Fsp3) is 0.300. The minimum absolute atomic E-state index is 0.00760. The zero-order valence-electron chi connectivity index (χ0n) is 8.44. The highest BCUT2D eigenvalue weighted by atomic mass is 35.5. The Hall–Kier alpha value is -1.29. The summed E-state index contributed by atoms with van der Waals surface area (Å²) < 4.78 is 13.5. The van der Waals surface area contributed by atoms with Gasteiger partial charge in [-0.15, -0.1) is 0 Å². The molecule has 0 radical (unpaired) electrons. The SMILES string of the molecule is Cc1ccc(C2=C(Cl)N[C@H](C)N2)c(F)n1. The summed E-state index contributed by atoms with van der Waals surface area (Å²) in [5, 5.41) is 6.41. The molecule has 0 fully saturated rings. The van der Waals surface area contributed by atoms with Crippen molar-refractivity contribution in [2.75, 3.05) is 0 Å². The number of hydrogen-bond donors (Lipinski definition) is 2. The van der Waals surface area contributed by atoms with Gasteiger partial charge in [0.05, 0.1) is 17.4 Å². The minimum Gasteiger partial charge on any atom is -0.363 e. The molecule has 0 saturated carbocycles. The van der Waals surface area contributed by atoms with E-state index in [0.717, 1.165) is 0 Å². The van der Waals surface area contributed by atoms with Gasteiger partial charge in [-0.2, -0.15) is 4.39 Å². The Kier molecular flexibility index (Phi) is 2.52.